The average molecular weight is 543 g/mol. The standard InChI is InChI=1S/C26H28F2N6O5/c1-15(30)25(37)38-19(12-35)11-34-7-6-22(26(27,28)13-34)39-21-5-4-17(8-18(21)10-29)20-9-23(32-14-31-20)33-24(36)16-2-3-16/h4-5,8-9,12,14-16,19,22H,2-3,6-7,11,13,30H2,1H3,(H,31,32,33,36)/t15-,19?,22+/m1/s1. The van der Waals surface area contributed by atoms with Crippen molar-refractivity contribution in [1.29, 1.82) is 5.26 Å². The van der Waals surface area contributed by atoms with Gasteiger partial charge in [0.2, 0.25) is 5.91 Å². The maximum atomic E-state index is 15.0. The summed E-state index contributed by atoms with van der Waals surface area (Å²) in [5.41, 5.74) is 6.42. The summed E-state index contributed by atoms with van der Waals surface area (Å²) < 4.78 is 40.6. The van der Waals surface area contributed by atoms with Gasteiger partial charge < -0.3 is 20.5 Å². The summed E-state index contributed by atoms with van der Waals surface area (Å²) in [5, 5.41) is 12.4. The molecule has 11 nitrogen and oxygen atoms in total. The number of carbonyl (C=O) groups is 3. The first kappa shape index (κ1) is 28.0. The number of alkyl halides is 2. The molecule has 206 valence electrons. The van der Waals surface area contributed by atoms with Crippen LogP contribution >= 0.6 is 0 Å². The van der Waals surface area contributed by atoms with Crippen molar-refractivity contribution in [2.75, 3.05) is 25.0 Å². The minimum Gasteiger partial charge on any atom is -0.483 e. The van der Waals surface area contributed by atoms with E-state index >= 15 is 8.78 Å². The number of nitrogens with two attached hydrogens (primary N) is 1. The van der Waals surface area contributed by atoms with Gasteiger partial charge in [-0.25, -0.2) is 18.7 Å². The number of aldehydes is 1. The Morgan fingerprint density at radius 1 is 1.31 bits per heavy atom. The Morgan fingerprint density at radius 3 is 2.72 bits per heavy atom. The van der Waals surface area contributed by atoms with Crippen LogP contribution in [0.5, 0.6) is 5.75 Å². The maximum absolute atomic E-state index is 15.0. The number of esters is 1. The summed E-state index contributed by atoms with van der Waals surface area (Å²) in [4.78, 5) is 44.5. The molecule has 2 aliphatic rings. The molecule has 1 amide bonds. The van der Waals surface area contributed by atoms with Crippen molar-refractivity contribution in [3.05, 3.63) is 36.2 Å². The number of nitrogens with one attached hydrogen (secondary N) is 1. The minimum absolute atomic E-state index is 0.000932. The first-order valence-electron chi connectivity index (χ1n) is 12.4. The van der Waals surface area contributed by atoms with Gasteiger partial charge in [-0.1, -0.05) is 0 Å². The second-order valence-electron chi connectivity index (χ2n) is 9.67. The fourth-order valence-corrected chi connectivity index (χ4v) is 4.10. The molecule has 3 N–H and O–H groups in total. The molecule has 2 fully saturated rings. The highest BCUT2D eigenvalue weighted by Crippen LogP contribution is 2.34. The first-order chi connectivity index (χ1) is 18.6. The highest BCUT2D eigenvalue weighted by atomic mass is 19.3. The number of hydrogen-bond acceptors (Lipinski definition) is 10. The number of hydrogen-bond donors (Lipinski definition) is 2. The number of anilines is 1. The molecule has 1 aromatic heterocycles. The van der Waals surface area contributed by atoms with Gasteiger partial charge in [-0.15, -0.1) is 0 Å². The molecule has 4 rings (SSSR count). The highest BCUT2D eigenvalue weighted by molar-refractivity contribution is 5.93. The van der Waals surface area contributed by atoms with Crippen LogP contribution in [0, 0.1) is 17.2 Å². The lowest BCUT2D eigenvalue weighted by molar-refractivity contribution is -0.160. The third-order valence-electron chi connectivity index (χ3n) is 6.37. The van der Waals surface area contributed by atoms with Gasteiger partial charge in [-0.05, 0) is 38.0 Å². The van der Waals surface area contributed by atoms with Gasteiger partial charge in [-0.3, -0.25) is 19.3 Å². The third-order valence-corrected chi connectivity index (χ3v) is 6.37. The molecule has 1 aliphatic heterocycles. The molecule has 3 atom stereocenters. The van der Waals surface area contributed by atoms with Gasteiger partial charge in [0, 0.05) is 37.1 Å². The quantitative estimate of drug-likeness (QED) is 0.335. The molecule has 39 heavy (non-hydrogen) atoms. The molecule has 2 aromatic rings. The number of aromatic nitrogens is 2. The van der Waals surface area contributed by atoms with Crippen LogP contribution in [0.2, 0.25) is 0 Å². The lowest BCUT2D eigenvalue weighted by Crippen LogP contribution is -2.55. The van der Waals surface area contributed by atoms with Crippen LogP contribution in [0.3, 0.4) is 0 Å². The molecule has 2 heterocycles. The maximum Gasteiger partial charge on any atom is 0.323 e. The molecular formula is C26H28F2N6O5. The Kier molecular flexibility index (Phi) is 8.47. The number of likely N-dealkylation sites (tertiary alicyclic amines) is 1. The van der Waals surface area contributed by atoms with Crippen LogP contribution in [-0.4, -0.2) is 76.8 Å². The van der Waals surface area contributed by atoms with Crippen molar-refractivity contribution in [3.8, 4) is 23.1 Å². The second-order valence-corrected chi connectivity index (χ2v) is 9.67. The third kappa shape index (κ3) is 7.10. The van der Waals surface area contributed by atoms with Gasteiger partial charge in [0.05, 0.1) is 17.8 Å². The topological polar surface area (TPSA) is 161 Å². The number of ether oxygens (including phenoxy) is 2. The zero-order chi connectivity index (χ0) is 28.2. The van der Waals surface area contributed by atoms with Crippen molar-refractivity contribution in [1.82, 2.24) is 14.9 Å². The zero-order valence-electron chi connectivity index (χ0n) is 21.2. The molecular weight excluding hydrogens is 514 g/mol. The van der Waals surface area contributed by atoms with Gasteiger partial charge in [0.25, 0.3) is 5.92 Å². The van der Waals surface area contributed by atoms with Crippen molar-refractivity contribution >= 4 is 24.0 Å². The minimum atomic E-state index is -3.32. The van der Waals surface area contributed by atoms with Crippen molar-refractivity contribution in [3.63, 3.8) is 0 Å². The van der Waals surface area contributed by atoms with E-state index in [0.717, 1.165) is 12.8 Å². The number of benzene rings is 1. The number of carbonyl (C=O) groups excluding carboxylic acids is 3. The summed E-state index contributed by atoms with van der Waals surface area (Å²) in [7, 11) is 0. The van der Waals surface area contributed by atoms with Crippen molar-refractivity contribution in [2.45, 2.75) is 50.4 Å². The van der Waals surface area contributed by atoms with Crippen LogP contribution in [0.1, 0.15) is 31.7 Å². The fourth-order valence-electron chi connectivity index (χ4n) is 4.10. The van der Waals surface area contributed by atoms with Crippen molar-refractivity contribution < 1.29 is 32.6 Å². The van der Waals surface area contributed by atoms with Crippen LogP contribution in [0.25, 0.3) is 11.3 Å². The van der Waals surface area contributed by atoms with Crippen molar-refractivity contribution in [2.24, 2.45) is 11.7 Å². The van der Waals surface area contributed by atoms with E-state index < -0.39 is 36.7 Å². The molecule has 1 unspecified atom stereocenters. The Balaban J connectivity index is 1.41. The Hall–Kier alpha value is -4.02. The zero-order valence-corrected chi connectivity index (χ0v) is 21.2. The lowest BCUT2D eigenvalue weighted by atomic mass is 10.0. The Bertz CT molecular complexity index is 1280. The highest BCUT2D eigenvalue weighted by Gasteiger charge is 2.47. The van der Waals surface area contributed by atoms with E-state index in [1.54, 1.807) is 12.1 Å². The molecule has 0 radical (unpaired) electrons. The number of rotatable bonds is 10. The number of piperidine rings is 1. The van der Waals surface area contributed by atoms with E-state index in [4.69, 9.17) is 15.2 Å². The Labute approximate surface area is 223 Å². The van der Waals surface area contributed by atoms with E-state index in [1.807, 2.05) is 6.07 Å². The fraction of sp³-hybridized carbons (Fsp3) is 0.462. The van der Waals surface area contributed by atoms with E-state index in [1.165, 1.54) is 30.3 Å². The van der Waals surface area contributed by atoms with Crippen LogP contribution in [0.4, 0.5) is 14.6 Å². The monoisotopic (exact) mass is 542 g/mol. The largest absolute Gasteiger partial charge is 0.483 e. The second kappa shape index (κ2) is 11.8. The molecule has 1 saturated carbocycles. The van der Waals surface area contributed by atoms with E-state index in [9.17, 15) is 19.6 Å². The number of halogens is 2. The summed E-state index contributed by atoms with van der Waals surface area (Å²) >= 11 is 0. The van der Waals surface area contributed by atoms with E-state index in [0.29, 0.717) is 23.4 Å². The molecule has 1 aliphatic carbocycles. The smallest absolute Gasteiger partial charge is 0.323 e. The predicted molar refractivity (Wildman–Crippen MR) is 134 cm³/mol. The number of nitriles is 1. The van der Waals surface area contributed by atoms with Crippen LogP contribution in [0.15, 0.2) is 30.6 Å². The summed E-state index contributed by atoms with van der Waals surface area (Å²) in [6.45, 7) is 0.610. The first-order valence-corrected chi connectivity index (χ1v) is 12.4. The summed E-state index contributed by atoms with van der Waals surface area (Å²) in [6.07, 6.45) is 0.520. The molecule has 13 heteroatoms. The van der Waals surface area contributed by atoms with Crippen LogP contribution < -0.4 is 15.8 Å². The Morgan fingerprint density at radius 2 is 2.08 bits per heavy atom. The average Bonchev–Trinajstić information content (AvgIpc) is 3.75. The van der Waals surface area contributed by atoms with E-state index in [-0.39, 0.29) is 42.6 Å². The van der Waals surface area contributed by atoms with Gasteiger partial charge in [0.1, 0.15) is 30.0 Å². The SMILES string of the molecule is C[C@@H](N)C(=O)OC(C=O)CN1CC[C@H](Oc2ccc(-c3cc(NC(=O)C4CC4)ncn3)cc2C#N)C(F)(F)C1. The molecule has 1 saturated heterocycles. The summed E-state index contributed by atoms with van der Waals surface area (Å²) in [6, 6.07) is 7.08. The summed E-state index contributed by atoms with van der Waals surface area (Å²) in [5.74, 6) is -3.91. The van der Waals surface area contributed by atoms with Gasteiger partial charge in [0.15, 0.2) is 18.5 Å². The predicted octanol–water partition coefficient (Wildman–Crippen LogP) is 1.91. The lowest BCUT2D eigenvalue weighted by Gasteiger charge is -2.38. The molecule has 0 bridgehead atoms. The number of amides is 1. The van der Waals surface area contributed by atoms with Gasteiger partial charge >= 0.3 is 5.97 Å². The molecule has 0 spiro atoms. The van der Waals surface area contributed by atoms with Gasteiger partial charge in [-0.2, -0.15) is 5.26 Å². The van der Waals surface area contributed by atoms with Crippen LogP contribution in [-0.2, 0) is 19.1 Å². The number of nitrogens with zero attached hydrogens (tertiary/aromatic N) is 4. The molecule has 1 aromatic carbocycles. The van der Waals surface area contributed by atoms with E-state index in [2.05, 4.69) is 15.3 Å². The normalized spacial score (nSPS) is 20.2.